The van der Waals surface area contributed by atoms with Gasteiger partial charge in [-0.2, -0.15) is 0 Å². The lowest BCUT2D eigenvalue weighted by Gasteiger charge is -2.17. The Hall–Kier alpha value is -2.89. The zero-order chi connectivity index (χ0) is 18.1. The summed E-state index contributed by atoms with van der Waals surface area (Å²) in [6.07, 6.45) is -0.658. The van der Waals surface area contributed by atoms with E-state index in [0.717, 1.165) is 5.56 Å². The summed E-state index contributed by atoms with van der Waals surface area (Å²) in [5, 5.41) is 2.53. The summed E-state index contributed by atoms with van der Waals surface area (Å²) >= 11 is 0. The van der Waals surface area contributed by atoms with Gasteiger partial charge < -0.3 is 14.8 Å². The Morgan fingerprint density at radius 3 is 2.52 bits per heavy atom. The molecule has 25 heavy (non-hydrogen) atoms. The van der Waals surface area contributed by atoms with Crippen LogP contribution in [0.25, 0.3) is 0 Å². The summed E-state index contributed by atoms with van der Waals surface area (Å²) in [5.74, 6) is -1.80. The molecule has 0 spiro atoms. The quantitative estimate of drug-likeness (QED) is 0.781. The molecule has 1 unspecified atom stereocenters. The number of hydrogen-bond donors (Lipinski definition) is 1. The number of hydrogen-bond acceptors (Lipinski definition) is 4. The maximum atomic E-state index is 13.4. The summed E-state index contributed by atoms with van der Waals surface area (Å²) in [7, 11) is 0. The first kappa shape index (κ1) is 18.4. The van der Waals surface area contributed by atoms with Gasteiger partial charge in [0.15, 0.2) is 0 Å². The van der Waals surface area contributed by atoms with Gasteiger partial charge in [-0.1, -0.05) is 42.5 Å². The summed E-state index contributed by atoms with van der Waals surface area (Å²) in [6, 6.07) is 14.9. The van der Waals surface area contributed by atoms with Crippen LogP contribution in [0, 0.1) is 5.82 Å². The molecule has 0 heterocycles. The third-order valence-corrected chi connectivity index (χ3v) is 3.49. The molecule has 2 rings (SSSR count). The lowest BCUT2D eigenvalue weighted by atomic mass is 9.99. The monoisotopic (exact) mass is 345 g/mol. The topological polar surface area (TPSA) is 64.6 Å². The summed E-state index contributed by atoms with van der Waals surface area (Å²) < 4.78 is 23.5. The molecule has 2 aromatic carbocycles. The number of esters is 1. The van der Waals surface area contributed by atoms with Crippen molar-refractivity contribution in [3.63, 3.8) is 0 Å². The third kappa shape index (κ3) is 5.91. The van der Waals surface area contributed by atoms with E-state index in [4.69, 9.17) is 9.47 Å². The van der Waals surface area contributed by atoms with Gasteiger partial charge in [-0.15, -0.1) is 0 Å². The lowest BCUT2D eigenvalue weighted by molar-refractivity contribution is -0.144. The zero-order valence-corrected chi connectivity index (χ0v) is 13.9. The Bertz CT molecular complexity index is 706. The molecule has 0 aliphatic heterocycles. The summed E-state index contributed by atoms with van der Waals surface area (Å²) in [6.45, 7) is 1.96. The van der Waals surface area contributed by atoms with E-state index in [-0.39, 0.29) is 19.8 Å². The fourth-order valence-corrected chi connectivity index (χ4v) is 2.26. The second-order valence-corrected chi connectivity index (χ2v) is 5.30. The van der Waals surface area contributed by atoms with Crippen LogP contribution in [0.3, 0.4) is 0 Å². The molecule has 0 bridgehead atoms. The van der Waals surface area contributed by atoms with Crippen LogP contribution < -0.4 is 5.32 Å². The number of benzene rings is 2. The molecule has 1 atom stereocenters. The van der Waals surface area contributed by atoms with Crippen LogP contribution in [0.4, 0.5) is 9.18 Å². The van der Waals surface area contributed by atoms with Gasteiger partial charge in [0, 0.05) is 6.54 Å². The molecular formula is C19H20FNO4. The highest BCUT2D eigenvalue weighted by Crippen LogP contribution is 2.18. The Balaban J connectivity index is 1.94. The highest BCUT2D eigenvalue weighted by molar-refractivity contribution is 5.79. The van der Waals surface area contributed by atoms with Crippen LogP contribution in [-0.4, -0.2) is 25.2 Å². The number of carbonyl (C=O) groups excluding carboxylic acids is 2. The fraction of sp³-hybridized carbons (Fsp3) is 0.263. The van der Waals surface area contributed by atoms with Crippen LogP contribution in [0.15, 0.2) is 54.6 Å². The van der Waals surface area contributed by atoms with E-state index >= 15 is 0 Å². The molecule has 0 aliphatic rings. The van der Waals surface area contributed by atoms with E-state index < -0.39 is 23.8 Å². The van der Waals surface area contributed by atoms with E-state index in [1.165, 1.54) is 18.2 Å². The van der Waals surface area contributed by atoms with Crippen molar-refractivity contribution in [3.8, 4) is 0 Å². The van der Waals surface area contributed by atoms with Gasteiger partial charge >= 0.3 is 12.1 Å². The number of halogens is 1. The van der Waals surface area contributed by atoms with E-state index in [1.807, 2.05) is 30.3 Å². The van der Waals surface area contributed by atoms with Crippen molar-refractivity contribution in [1.82, 2.24) is 5.32 Å². The Morgan fingerprint density at radius 2 is 1.84 bits per heavy atom. The molecule has 2 aromatic rings. The Kier molecular flexibility index (Phi) is 6.95. The van der Waals surface area contributed by atoms with Crippen LogP contribution >= 0.6 is 0 Å². The van der Waals surface area contributed by atoms with E-state index in [9.17, 15) is 14.0 Å². The van der Waals surface area contributed by atoms with Gasteiger partial charge in [0.05, 0.1) is 12.5 Å². The number of amides is 1. The van der Waals surface area contributed by atoms with Crippen molar-refractivity contribution in [3.05, 3.63) is 71.5 Å². The number of carbonyl (C=O) groups is 2. The minimum absolute atomic E-state index is 0.0457. The molecule has 0 saturated heterocycles. The maximum absolute atomic E-state index is 13.4. The minimum atomic E-state index is -0.806. The van der Waals surface area contributed by atoms with Crippen LogP contribution in [0.1, 0.15) is 24.0 Å². The van der Waals surface area contributed by atoms with Gasteiger partial charge in [-0.3, -0.25) is 4.79 Å². The van der Waals surface area contributed by atoms with Crippen molar-refractivity contribution in [2.45, 2.75) is 19.4 Å². The molecule has 0 aromatic heterocycles. The number of ether oxygens (including phenoxy) is 2. The van der Waals surface area contributed by atoms with E-state index in [2.05, 4.69) is 5.32 Å². The van der Waals surface area contributed by atoms with Gasteiger partial charge in [-0.25, -0.2) is 9.18 Å². The second-order valence-electron chi connectivity index (χ2n) is 5.30. The Labute approximate surface area is 145 Å². The third-order valence-electron chi connectivity index (χ3n) is 3.49. The first-order valence-electron chi connectivity index (χ1n) is 7.96. The number of nitrogens with one attached hydrogen (secondary N) is 1. The lowest BCUT2D eigenvalue weighted by Crippen LogP contribution is -2.33. The summed E-state index contributed by atoms with van der Waals surface area (Å²) in [4.78, 5) is 24.0. The molecule has 0 fully saturated rings. The molecule has 132 valence electrons. The van der Waals surface area contributed by atoms with Crippen molar-refractivity contribution >= 4 is 12.1 Å². The molecule has 0 aliphatic carbocycles. The van der Waals surface area contributed by atoms with Crippen LogP contribution in [-0.2, 0) is 20.9 Å². The largest absolute Gasteiger partial charge is 0.465 e. The normalized spacial score (nSPS) is 11.4. The first-order chi connectivity index (χ1) is 12.1. The van der Waals surface area contributed by atoms with Crippen molar-refractivity contribution in [2.75, 3.05) is 13.2 Å². The SMILES string of the molecule is CCOC(=O)C(CNC(=O)OCc1ccccc1)c1cccc(F)c1. The molecule has 6 heteroatoms. The second kappa shape index (κ2) is 9.42. The van der Waals surface area contributed by atoms with Gasteiger partial charge in [-0.05, 0) is 30.2 Å². The number of rotatable bonds is 7. The zero-order valence-electron chi connectivity index (χ0n) is 13.9. The van der Waals surface area contributed by atoms with Crippen molar-refractivity contribution in [2.24, 2.45) is 0 Å². The highest BCUT2D eigenvalue weighted by atomic mass is 19.1. The van der Waals surface area contributed by atoms with Crippen LogP contribution in [0.5, 0.6) is 0 Å². The average Bonchev–Trinajstić information content (AvgIpc) is 2.61. The maximum Gasteiger partial charge on any atom is 0.407 e. The molecule has 0 saturated carbocycles. The molecule has 1 amide bonds. The Morgan fingerprint density at radius 1 is 1.08 bits per heavy atom. The van der Waals surface area contributed by atoms with E-state index in [0.29, 0.717) is 5.56 Å². The molecule has 5 nitrogen and oxygen atoms in total. The predicted octanol–water partition coefficient (Wildman–Crippen LogP) is 3.40. The van der Waals surface area contributed by atoms with Crippen LogP contribution in [0.2, 0.25) is 0 Å². The average molecular weight is 345 g/mol. The minimum Gasteiger partial charge on any atom is -0.465 e. The highest BCUT2D eigenvalue weighted by Gasteiger charge is 2.23. The molecular weight excluding hydrogens is 325 g/mol. The number of alkyl carbamates (subject to hydrolysis) is 1. The molecule has 1 N–H and O–H groups in total. The summed E-state index contributed by atoms with van der Waals surface area (Å²) in [5.41, 5.74) is 1.28. The first-order valence-corrected chi connectivity index (χ1v) is 7.96. The smallest absolute Gasteiger partial charge is 0.407 e. The van der Waals surface area contributed by atoms with Crippen molar-refractivity contribution < 1.29 is 23.5 Å². The predicted molar refractivity (Wildman–Crippen MR) is 90.4 cm³/mol. The van der Waals surface area contributed by atoms with Gasteiger partial charge in [0.25, 0.3) is 0 Å². The fourth-order valence-electron chi connectivity index (χ4n) is 2.26. The van der Waals surface area contributed by atoms with Gasteiger partial charge in [0.2, 0.25) is 0 Å². The van der Waals surface area contributed by atoms with E-state index in [1.54, 1.807) is 13.0 Å². The molecule has 0 radical (unpaired) electrons. The standard InChI is InChI=1S/C19H20FNO4/c1-2-24-18(22)17(15-9-6-10-16(20)11-15)12-21-19(23)25-13-14-7-4-3-5-8-14/h3-11,17H,2,12-13H2,1H3,(H,21,23). The van der Waals surface area contributed by atoms with Crippen molar-refractivity contribution in [1.29, 1.82) is 0 Å². The van der Waals surface area contributed by atoms with Gasteiger partial charge in [0.1, 0.15) is 12.4 Å².